The van der Waals surface area contributed by atoms with E-state index in [2.05, 4.69) is 24.1 Å². The van der Waals surface area contributed by atoms with Crippen LogP contribution in [0, 0.1) is 0 Å². The van der Waals surface area contributed by atoms with Crippen LogP contribution < -0.4 is 10.6 Å². The van der Waals surface area contributed by atoms with Crippen LogP contribution in [0.2, 0.25) is 0 Å². The first-order valence-electron chi connectivity index (χ1n) is 12.0. The van der Waals surface area contributed by atoms with Crippen molar-refractivity contribution in [2.75, 3.05) is 19.7 Å². The van der Waals surface area contributed by atoms with Crippen LogP contribution in [0.25, 0.3) is 6.08 Å². The van der Waals surface area contributed by atoms with Gasteiger partial charge in [-0.15, -0.1) is 0 Å². The lowest BCUT2D eigenvalue weighted by Gasteiger charge is -2.34. The highest BCUT2D eigenvalue weighted by Gasteiger charge is 2.35. The van der Waals surface area contributed by atoms with Gasteiger partial charge in [-0.25, -0.2) is 4.79 Å². The van der Waals surface area contributed by atoms with Crippen molar-refractivity contribution in [2.24, 2.45) is 0 Å². The summed E-state index contributed by atoms with van der Waals surface area (Å²) in [7, 11) is 0. The molecular formula is C26H41N3O5. The second-order valence-electron chi connectivity index (χ2n) is 9.19. The van der Waals surface area contributed by atoms with Gasteiger partial charge in [0, 0.05) is 13.1 Å². The van der Waals surface area contributed by atoms with Gasteiger partial charge in [-0.3, -0.25) is 9.59 Å². The molecule has 0 spiro atoms. The molecule has 0 fully saturated rings. The highest BCUT2D eigenvalue weighted by molar-refractivity contribution is 5.92. The van der Waals surface area contributed by atoms with E-state index in [0.29, 0.717) is 18.5 Å². The van der Waals surface area contributed by atoms with Crippen LogP contribution in [0.4, 0.5) is 4.79 Å². The maximum Gasteiger partial charge on any atom is 0.408 e. The monoisotopic (exact) mass is 475 g/mol. The average molecular weight is 476 g/mol. The summed E-state index contributed by atoms with van der Waals surface area (Å²) in [5.74, 6) is -0.874. The average Bonchev–Trinajstić information content (AvgIpc) is 2.78. The van der Waals surface area contributed by atoms with Gasteiger partial charge in [0.25, 0.3) is 0 Å². The van der Waals surface area contributed by atoms with Crippen molar-refractivity contribution < 1.29 is 24.2 Å². The van der Waals surface area contributed by atoms with E-state index < -0.39 is 36.3 Å². The Labute approximate surface area is 203 Å². The third-order valence-corrected chi connectivity index (χ3v) is 5.02. The molecule has 34 heavy (non-hydrogen) atoms. The van der Waals surface area contributed by atoms with Gasteiger partial charge in [-0.05, 0) is 50.8 Å². The number of carbonyl (C=O) groups is 3. The van der Waals surface area contributed by atoms with Crippen LogP contribution in [-0.4, -0.2) is 59.3 Å². The SMILES string of the molecule is C=Cc1cccc(C(C(=O)NCCCCC)N(CCC)C(=O)C(CO)NC(=O)OC(C)(C)C)c1. The molecule has 0 aliphatic carbocycles. The van der Waals surface area contributed by atoms with Crippen molar-refractivity contribution in [1.82, 2.24) is 15.5 Å². The Balaban J connectivity index is 3.29. The molecule has 1 aromatic rings. The zero-order valence-electron chi connectivity index (χ0n) is 21.2. The third-order valence-electron chi connectivity index (χ3n) is 5.02. The molecule has 1 rings (SSSR count). The highest BCUT2D eigenvalue weighted by Crippen LogP contribution is 2.24. The number of rotatable bonds is 13. The Morgan fingerprint density at radius 2 is 1.88 bits per heavy atom. The summed E-state index contributed by atoms with van der Waals surface area (Å²) in [6.45, 7) is 13.0. The van der Waals surface area contributed by atoms with Crippen molar-refractivity contribution in [2.45, 2.75) is 78.0 Å². The van der Waals surface area contributed by atoms with E-state index in [0.717, 1.165) is 24.8 Å². The van der Waals surface area contributed by atoms with Crippen LogP contribution >= 0.6 is 0 Å². The van der Waals surface area contributed by atoms with Gasteiger partial charge >= 0.3 is 6.09 Å². The second-order valence-corrected chi connectivity index (χ2v) is 9.19. The van der Waals surface area contributed by atoms with Crippen molar-refractivity contribution >= 4 is 24.0 Å². The number of nitrogens with one attached hydrogen (secondary N) is 2. The first kappa shape index (κ1) is 29.2. The van der Waals surface area contributed by atoms with E-state index in [-0.39, 0.29) is 12.5 Å². The fraction of sp³-hybridized carbons (Fsp3) is 0.577. The Morgan fingerprint density at radius 1 is 1.18 bits per heavy atom. The van der Waals surface area contributed by atoms with Crippen molar-refractivity contribution in [3.63, 3.8) is 0 Å². The molecule has 8 heteroatoms. The molecule has 0 radical (unpaired) electrons. The zero-order valence-corrected chi connectivity index (χ0v) is 21.2. The van der Waals surface area contributed by atoms with Crippen molar-refractivity contribution in [3.8, 4) is 0 Å². The molecule has 2 unspecified atom stereocenters. The molecule has 2 atom stereocenters. The molecule has 1 aromatic carbocycles. The van der Waals surface area contributed by atoms with E-state index in [1.165, 1.54) is 4.90 Å². The smallest absolute Gasteiger partial charge is 0.408 e. The molecule has 0 saturated heterocycles. The number of unbranched alkanes of at least 4 members (excludes halogenated alkanes) is 2. The topological polar surface area (TPSA) is 108 Å². The fourth-order valence-electron chi connectivity index (χ4n) is 3.46. The standard InChI is InChI=1S/C26H41N3O5/c1-7-10-11-15-27-23(31)22(20-14-12-13-19(9-3)17-20)29(16-8-2)24(32)21(18-30)28-25(33)34-26(4,5)6/h9,12-14,17,21-22,30H,3,7-8,10-11,15-16,18H2,1-2,4-6H3,(H,27,31)(H,28,33). The molecule has 3 N–H and O–H groups in total. The summed E-state index contributed by atoms with van der Waals surface area (Å²) in [6.07, 6.45) is 4.29. The first-order chi connectivity index (χ1) is 16.1. The lowest BCUT2D eigenvalue weighted by molar-refractivity contribution is -0.143. The van der Waals surface area contributed by atoms with E-state index in [9.17, 15) is 19.5 Å². The van der Waals surface area contributed by atoms with Gasteiger partial charge in [0.05, 0.1) is 6.61 Å². The summed E-state index contributed by atoms with van der Waals surface area (Å²) < 4.78 is 5.24. The molecule has 3 amide bonds. The molecule has 0 aliphatic heterocycles. The van der Waals surface area contributed by atoms with Gasteiger partial charge < -0.3 is 25.4 Å². The van der Waals surface area contributed by atoms with Crippen LogP contribution in [0.5, 0.6) is 0 Å². The number of nitrogens with zero attached hydrogens (tertiary/aromatic N) is 1. The lowest BCUT2D eigenvalue weighted by atomic mass is 10.00. The normalized spacial score (nSPS) is 12.9. The number of hydrogen-bond acceptors (Lipinski definition) is 5. The van der Waals surface area contributed by atoms with E-state index in [4.69, 9.17) is 4.74 Å². The van der Waals surface area contributed by atoms with Gasteiger partial charge in [0.1, 0.15) is 17.7 Å². The number of carbonyl (C=O) groups excluding carboxylic acids is 3. The third kappa shape index (κ3) is 9.55. The molecule has 0 saturated carbocycles. The Hall–Kier alpha value is -2.87. The number of aliphatic hydroxyl groups excluding tert-OH is 1. The van der Waals surface area contributed by atoms with E-state index in [1.54, 1.807) is 39.0 Å². The summed E-state index contributed by atoms with van der Waals surface area (Å²) >= 11 is 0. The van der Waals surface area contributed by atoms with Crippen molar-refractivity contribution in [1.29, 1.82) is 0 Å². The number of hydrogen-bond donors (Lipinski definition) is 3. The Morgan fingerprint density at radius 3 is 2.44 bits per heavy atom. The summed E-state index contributed by atoms with van der Waals surface area (Å²) in [6, 6.07) is 5.09. The maximum absolute atomic E-state index is 13.5. The minimum absolute atomic E-state index is 0.261. The molecule has 0 bridgehead atoms. The largest absolute Gasteiger partial charge is 0.444 e. The Bertz CT molecular complexity index is 819. The van der Waals surface area contributed by atoms with Gasteiger partial charge in [0.15, 0.2) is 0 Å². The maximum atomic E-state index is 13.5. The van der Waals surface area contributed by atoms with Gasteiger partial charge in [0.2, 0.25) is 11.8 Å². The lowest BCUT2D eigenvalue weighted by Crippen LogP contribution is -2.54. The van der Waals surface area contributed by atoms with E-state index in [1.807, 2.05) is 19.1 Å². The number of alkyl carbamates (subject to hydrolysis) is 1. The van der Waals surface area contributed by atoms with E-state index >= 15 is 0 Å². The molecule has 0 heterocycles. The predicted octanol–water partition coefficient (Wildman–Crippen LogP) is 3.80. The number of aliphatic hydroxyl groups is 1. The molecule has 8 nitrogen and oxygen atoms in total. The summed E-state index contributed by atoms with van der Waals surface area (Å²) in [5.41, 5.74) is 0.680. The number of amides is 3. The van der Waals surface area contributed by atoms with Gasteiger partial charge in [-0.1, -0.05) is 57.5 Å². The summed E-state index contributed by atoms with van der Waals surface area (Å²) in [4.78, 5) is 40.5. The number of ether oxygens (including phenoxy) is 1. The highest BCUT2D eigenvalue weighted by atomic mass is 16.6. The van der Waals surface area contributed by atoms with Gasteiger partial charge in [-0.2, -0.15) is 0 Å². The Kier molecular flexibility index (Phi) is 12.4. The quantitative estimate of drug-likeness (QED) is 0.376. The number of benzene rings is 1. The van der Waals surface area contributed by atoms with Crippen molar-refractivity contribution in [3.05, 3.63) is 42.0 Å². The van der Waals surface area contributed by atoms with Crippen LogP contribution in [-0.2, 0) is 14.3 Å². The zero-order chi connectivity index (χ0) is 25.7. The van der Waals surface area contributed by atoms with Crippen LogP contribution in [0.3, 0.4) is 0 Å². The summed E-state index contributed by atoms with van der Waals surface area (Å²) in [5, 5.41) is 15.3. The minimum atomic E-state index is -1.25. The predicted molar refractivity (Wildman–Crippen MR) is 134 cm³/mol. The molecule has 0 aromatic heterocycles. The second kappa shape index (κ2) is 14.4. The molecule has 190 valence electrons. The molecule has 0 aliphatic rings. The fourth-order valence-corrected chi connectivity index (χ4v) is 3.46. The van der Waals surface area contributed by atoms with Crippen LogP contribution in [0.15, 0.2) is 30.8 Å². The first-order valence-corrected chi connectivity index (χ1v) is 12.0. The van der Waals surface area contributed by atoms with Crippen LogP contribution in [0.1, 0.15) is 77.5 Å². The molecular weight excluding hydrogens is 434 g/mol. The minimum Gasteiger partial charge on any atom is -0.444 e.